The number of thiophene rings is 1. The molecule has 1 aromatic heterocycles. The number of hydrogen-bond donors (Lipinski definition) is 0. The number of halogens is 1. The maximum absolute atomic E-state index is 12.0. The summed E-state index contributed by atoms with van der Waals surface area (Å²) in [6, 6.07) is 10.7. The lowest BCUT2D eigenvalue weighted by Gasteiger charge is -2.02. The molecule has 0 aliphatic carbocycles. The third-order valence-electron chi connectivity index (χ3n) is 2.61. The Labute approximate surface area is 123 Å². The van der Waals surface area contributed by atoms with Crippen LogP contribution in [0.5, 0.6) is 0 Å². The molecule has 1 unspecified atom stereocenters. The first kappa shape index (κ1) is 14.4. The molecule has 5 heteroatoms. The normalized spacial score (nSPS) is 12.3. The second-order valence-corrected chi connectivity index (χ2v) is 6.96. The molecule has 1 atom stereocenters. The van der Waals surface area contributed by atoms with E-state index in [9.17, 15) is 9.00 Å². The summed E-state index contributed by atoms with van der Waals surface area (Å²) in [6.07, 6.45) is 1.08. The number of hydrogen-bond acceptors (Lipinski definition) is 3. The van der Waals surface area contributed by atoms with Gasteiger partial charge in [0.05, 0.1) is 15.7 Å². The van der Waals surface area contributed by atoms with Gasteiger partial charge in [-0.05, 0) is 42.1 Å². The van der Waals surface area contributed by atoms with E-state index in [2.05, 4.69) is 0 Å². The Bertz CT molecular complexity index is 562. The molecule has 0 bridgehead atoms. The molecule has 0 amide bonds. The quantitative estimate of drug-likeness (QED) is 0.750. The molecule has 1 aromatic carbocycles. The minimum absolute atomic E-state index is 0.128. The Morgan fingerprint density at radius 2 is 1.95 bits per heavy atom. The van der Waals surface area contributed by atoms with Crippen LogP contribution in [0.2, 0.25) is 5.02 Å². The SMILES string of the molecule is O=C(CCCS(=O)c1ccc(Cl)cc1)c1cccs1. The van der Waals surface area contributed by atoms with E-state index >= 15 is 0 Å². The van der Waals surface area contributed by atoms with Crippen molar-refractivity contribution >= 4 is 39.5 Å². The van der Waals surface area contributed by atoms with Crippen LogP contribution in [0.3, 0.4) is 0 Å². The third kappa shape index (κ3) is 4.27. The molecule has 0 spiro atoms. The first-order valence-corrected chi connectivity index (χ1v) is 8.45. The monoisotopic (exact) mass is 312 g/mol. The molecule has 0 N–H and O–H groups in total. The molecule has 0 saturated carbocycles. The van der Waals surface area contributed by atoms with E-state index in [0.717, 1.165) is 9.77 Å². The van der Waals surface area contributed by atoms with Crippen LogP contribution in [0.25, 0.3) is 0 Å². The Morgan fingerprint density at radius 1 is 1.21 bits per heavy atom. The Morgan fingerprint density at radius 3 is 2.58 bits per heavy atom. The molecular formula is C14H13ClO2S2. The zero-order valence-electron chi connectivity index (χ0n) is 10.2. The zero-order valence-corrected chi connectivity index (χ0v) is 12.6. The number of benzene rings is 1. The summed E-state index contributed by atoms with van der Waals surface area (Å²) in [5, 5.41) is 2.52. The van der Waals surface area contributed by atoms with Gasteiger partial charge in [0.15, 0.2) is 5.78 Å². The minimum Gasteiger partial charge on any atom is -0.293 e. The number of ketones is 1. The van der Waals surface area contributed by atoms with Gasteiger partial charge in [-0.3, -0.25) is 9.00 Å². The summed E-state index contributed by atoms with van der Waals surface area (Å²) in [6.45, 7) is 0. The van der Waals surface area contributed by atoms with Gasteiger partial charge in [-0.2, -0.15) is 0 Å². The summed E-state index contributed by atoms with van der Waals surface area (Å²) in [5.74, 6) is 0.627. The first-order chi connectivity index (χ1) is 9.16. The lowest BCUT2D eigenvalue weighted by atomic mass is 10.2. The predicted octanol–water partition coefficient (Wildman–Crippen LogP) is 4.17. The second-order valence-electron chi connectivity index (χ2n) is 4.01. The van der Waals surface area contributed by atoms with E-state index in [1.165, 1.54) is 11.3 Å². The highest BCUT2D eigenvalue weighted by molar-refractivity contribution is 7.85. The molecule has 2 rings (SSSR count). The minimum atomic E-state index is -1.06. The van der Waals surface area contributed by atoms with Crippen molar-refractivity contribution in [1.82, 2.24) is 0 Å². The largest absolute Gasteiger partial charge is 0.293 e. The molecule has 2 nitrogen and oxygen atoms in total. The topological polar surface area (TPSA) is 34.1 Å². The highest BCUT2D eigenvalue weighted by Crippen LogP contribution is 2.15. The van der Waals surface area contributed by atoms with Crippen LogP contribution in [0.1, 0.15) is 22.5 Å². The van der Waals surface area contributed by atoms with E-state index in [1.54, 1.807) is 24.3 Å². The summed E-state index contributed by atoms with van der Waals surface area (Å²) >= 11 is 7.22. The van der Waals surface area contributed by atoms with Gasteiger partial charge in [0.2, 0.25) is 0 Å². The first-order valence-electron chi connectivity index (χ1n) is 5.87. The van der Waals surface area contributed by atoms with Crippen LogP contribution in [0.4, 0.5) is 0 Å². The van der Waals surface area contributed by atoms with Crippen LogP contribution < -0.4 is 0 Å². The molecule has 100 valence electrons. The van der Waals surface area contributed by atoms with Gasteiger partial charge in [0.25, 0.3) is 0 Å². The fourth-order valence-corrected chi connectivity index (χ4v) is 3.53. The van der Waals surface area contributed by atoms with Gasteiger partial charge in [-0.25, -0.2) is 0 Å². The highest BCUT2D eigenvalue weighted by atomic mass is 35.5. The van der Waals surface area contributed by atoms with Crippen molar-refractivity contribution in [3.05, 3.63) is 51.7 Å². The smallest absolute Gasteiger partial charge is 0.172 e. The summed E-state index contributed by atoms with van der Waals surface area (Å²) in [7, 11) is -1.06. The van der Waals surface area contributed by atoms with Gasteiger partial charge in [0, 0.05) is 22.1 Å². The van der Waals surface area contributed by atoms with E-state index in [4.69, 9.17) is 11.6 Å². The van der Waals surface area contributed by atoms with E-state index < -0.39 is 10.8 Å². The second kappa shape index (κ2) is 6.98. The Kier molecular flexibility index (Phi) is 5.31. The van der Waals surface area contributed by atoms with Gasteiger partial charge in [0.1, 0.15) is 0 Å². The van der Waals surface area contributed by atoms with Crippen LogP contribution in [-0.4, -0.2) is 15.7 Å². The number of carbonyl (C=O) groups is 1. The molecule has 0 radical (unpaired) electrons. The molecular weight excluding hydrogens is 300 g/mol. The van der Waals surface area contributed by atoms with Crippen molar-refractivity contribution in [3.63, 3.8) is 0 Å². The maximum Gasteiger partial charge on any atom is 0.172 e. The maximum atomic E-state index is 12.0. The van der Waals surface area contributed by atoms with Gasteiger partial charge >= 0.3 is 0 Å². The van der Waals surface area contributed by atoms with Crippen LogP contribution >= 0.6 is 22.9 Å². The average molecular weight is 313 g/mol. The molecule has 0 aliphatic rings. The van der Waals surface area contributed by atoms with Crippen LogP contribution in [0, 0.1) is 0 Å². The van der Waals surface area contributed by atoms with E-state index in [-0.39, 0.29) is 5.78 Å². The average Bonchev–Trinajstić information content (AvgIpc) is 2.93. The van der Waals surface area contributed by atoms with Crippen LogP contribution in [-0.2, 0) is 10.8 Å². The summed E-state index contributed by atoms with van der Waals surface area (Å²) in [5.41, 5.74) is 0. The molecule has 0 fully saturated rings. The lowest BCUT2D eigenvalue weighted by molar-refractivity contribution is 0.0986. The van der Waals surface area contributed by atoms with Crippen molar-refractivity contribution < 1.29 is 9.00 Å². The van der Waals surface area contributed by atoms with Crippen molar-refractivity contribution in [1.29, 1.82) is 0 Å². The molecule has 1 heterocycles. The number of carbonyl (C=O) groups excluding carboxylic acids is 1. The molecule has 0 aliphatic heterocycles. The molecule has 0 saturated heterocycles. The van der Waals surface area contributed by atoms with Gasteiger partial charge < -0.3 is 0 Å². The molecule has 2 aromatic rings. The van der Waals surface area contributed by atoms with E-state index in [1.807, 2.05) is 17.5 Å². The van der Waals surface area contributed by atoms with Crippen molar-refractivity contribution in [2.45, 2.75) is 17.7 Å². The fourth-order valence-electron chi connectivity index (χ4n) is 1.63. The lowest BCUT2D eigenvalue weighted by Crippen LogP contribution is -2.02. The van der Waals surface area contributed by atoms with E-state index in [0.29, 0.717) is 23.6 Å². The van der Waals surface area contributed by atoms with Gasteiger partial charge in [-0.15, -0.1) is 11.3 Å². The Hall–Kier alpha value is -0.970. The number of rotatable bonds is 6. The van der Waals surface area contributed by atoms with Crippen LogP contribution in [0.15, 0.2) is 46.7 Å². The molecule has 19 heavy (non-hydrogen) atoms. The number of Topliss-reactive ketones (excluding diaryl/α,β-unsaturated/α-hetero) is 1. The third-order valence-corrected chi connectivity index (χ3v) is 5.23. The van der Waals surface area contributed by atoms with Crippen molar-refractivity contribution in [2.75, 3.05) is 5.75 Å². The zero-order chi connectivity index (χ0) is 13.7. The van der Waals surface area contributed by atoms with Crippen molar-refractivity contribution in [2.24, 2.45) is 0 Å². The van der Waals surface area contributed by atoms with Gasteiger partial charge in [-0.1, -0.05) is 17.7 Å². The predicted molar refractivity (Wildman–Crippen MR) is 80.6 cm³/mol. The fraction of sp³-hybridized carbons (Fsp3) is 0.214. The highest BCUT2D eigenvalue weighted by Gasteiger charge is 2.09. The summed E-state index contributed by atoms with van der Waals surface area (Å²) < 4.78 is 12.0. The van der Waals surface area contributed by atoms with Crippen molar-refractivity contribution in [3.8, 4) is 0 Å². The Balaban J connectivity index is 1.81. The standard InChI is InChI=1S/C14H13ClO2S2/c15-11-5-7-12(8-6-11)19(17)10-2-3-13(16)14-4-1-9-18-14/h1,4-9H,2-3,10H2. The summed E-state index contributed by atoms with van der Waals surface area (Å²) in [4.78, 5) is 13.3.